The molecule has 2 aromatic carbocycles. The number of nitrogens with one attached hydrogen (secondary N) is 1. The number of rotatable bonds is 8. The Hall–Kier alpha value is -2.56. The van der Waals surface area contributed by atoms with Gasteiger partial charge in [0.2, 0.25) is 5.91 Å². The zero-order chi connectivity index (χ0) is 22.4. The molecule has 1 heterocycles. The van der Waals surface area contributed by atoms with Crippen molar-refractivity contribution in [1.82, 2.24) is 20.1 Å². The summed E-state index contributed by atoms with van der Waals surface area (Å²) < 4.78 is 46.2. The molecule has 0 fully saturated rings. The molecule has 0 spiro atoms. The van der Waals surface area contributed by atoms with Crippen LogP contribution in [0.2, 0.25) is 5.02 Å². The summed E-state index contributed by atoms with van der Waals surface area (Å²) >= 11 is 7.34. The highest BCUT2D eigenvalue weighted by Crippen LogP contribution is 2.34. The van der Waals surface area contributed by atoms with Gasteiger partial charge in [0.1, 0.15) is 0 Å². The van der Waals surface area contributed by atoms with E-state index < -0.39 is 11.7 Å². The van der Waals surface area contributed by atoms with Gasteiger partial charge in [-0.3, -0.25) is 9.36 Å². The fraction of sp³-hybridized carbons (Fsp3) is 0.250. The van der Waals surface area contributed by atoms with Crippen molar-refractivity contribution in [2.24, 2.45) is 0 Å². The maximum absolute atomic E-state index is 13.3. The summed E-state index contributed by atoms with van der Waals surface area (Å²) in [6.45, 7) is 0.717. The quantitative estimate of drug-likeness (QED) is 0.389. The van der Waals surface area contributed by atoms with Gasteiger partial charge in [-0.25, -0.2) is 0 Å². The van der Waals surface area contributed by atoms with E-state index in [0.29, 0.717) is 23.7 Å². The Morgan fingerprint density at radius 3 is 2.68 bits per heavy atom. The number of amides is 1. The van der Waals surface area contributed by atoms with E-state index >= 15 is 0 Å². The monoisotopic (exact) mass is 470 g/mol. The summed E-state index contributed by atoms with van der Waals surface area (Å²) in [5, 5.41) is 11.6. The first kappa shape index (κ1) is 23.1. The Morgan fingerprint density at radius 1 is 1.19 bits per heavy atom. The number of methoxy groups -OCH3 is 1. The van der Waals surface area contributed by atoms with Crippen LogP contribution in [0.4, 0.5) is 13.2 Å². The molecular weight excluding hydrogens is 453 g/mol. The van der Waals surface area contributed by atoms with Gasteiger partial charge < -0.3 is 10.1 Å². The van der Waals surface area contributed by atoms with Crippen molar-refractivity contribution >= 4 is 29.3 Å². The predicted octanol–water partition coefficient (Wildman–Crippen LogP) is 4.46. The average molecular weight is 471 g/mol. The van der Waals surface area contributed by atoms with Crippen LogP contribution in [0.3, 0.4) is 0 Å². The molecule has 0 saturated heterocycles. The van der Waals surface area contributed by atoms with Gasteiger partial charge in [-0.15, -0.1) is 10.2 Å². The number of halogens is 4. The largest absolute Gasteiger partial charge is 0.416 e. The zero-order valence-corrected chi connectivity index (χ0v) is 17.9. The molecule has 1 N–H and O–H groups in total. The van der Waals surface area contributed by atoms with Gasteiger partial charge in [0.05, 0.1) is 28.6 Å². The van der Waals surface area contributed by atoms with Crippen molar-refractivity contribution < 1.29 is 22.7 Å². The minimum atomic E-state index is -4.51. The van der Waals surface area contributed by atoms with Gasteiger partial charge in [-0.05, 0) is 30.3 Å². The molecule has 0 radical (unpaired) electrons. The number of ether oxygens (including phenoxy) is 1. The summed E-state index contributed by atoms with van der Waals surface area (Å²) in [7, 11) is 1.52. The molecule has 0 aliphatic rings. The molecule has 0 atom stereocenters. The van der Waals surface area contributed by atoms with Crippen LogP contribution in [-0.4, -0.2) is 46.7 Å². The summed E-state index contributed by atoms with van der Waals surface area (Å²) in [5.74, 6) is 0.00993. The first-order valence-corrected chi connectivity index (χ1v) is 10.4. The second-order valence-electron chi connectivity index (χ2n) is 6.30. The fourth-order valence-corrected chi connectivity index (χ4v) is 3.71. The summed E-state index contributed by atoms with van der Waals surface area (Å²) in [5.41, 5.74) is -0.0976. The minimum Gasteiger partial charge on any atom is -0.383 e. The molecule has 164 valence electrons. The lowest BCUT2D eigenvalue weighted by Gasteiger charge is -2.13. The molecule has 1 aromatic heterocycles. The zero-order valence-electron chi connectivity index (χ0n) is 16.3. The van der Waals surface area contributed by atoms with Gasteiger partial charge in [0, 0.05) is 19.2 Å². The lowest BCUT2D eigenvalue weighted by molar-refractivity contribution is -0.137. The second kappa shape index (κ2) is 10.2. The van der Waals surface area contributed by atoms with Gasteiger partial charge in [-0.2, -0.15) is 13.2 Å². The van der Waals surface area contributed by atoms with Crippen LogP contribution in [0, 0.1) is 0 Å². The van der Waals surface area contributed by atoms with Crippen LogP contribution < -0.4 is 5.32 Å². The van der Waals surface area contributed by atoms with Crippen molar-refractivity contribution in [3.63, 3.8) is 0 Å². The maximum Gasteiger partial charge on any atom is 0.416 e. The number of aromatic nitrogens is 3. The average Bonchev–Trinajstić information content (AvgIpc) is 3.16. The Bertz CT molecular complexity index is 1060. The number of alkyl halides is 3. The topological polar surface area (TPSA) is 69.0 Å². The van der Waals surface area contributed by atoms with E-state index in [1.807, 2.05) is 0 Å². The third-order valence-electron chi connectivity index (χ3n) is 4.14. The number of thioether (sulfide) groups is 1. The molecule has 11 heteroatoms. The molecule has 0 aliphatic carbocycles. The highest BCUT2D eigenvalue weighted by atomic mass is 35.5. The lowest BCUT2D eigenvalue weighted by atomic mass is 10.1. The van der Waals surface area contributed by atoms with E-state index in [1.165, 1.54) is 23.8 Å². The number of nitrogens with zero attached hydrogens (tertiary/aromatic N) is 3. The minimum absolute atomic E-state index is 0.00330. The third kappa shape index (κ3) is 5.78. The Kier molecular flexibility index (Phi) is 7.58. The van der Waals surface area contributed by atoms with Gasteiger partial charge in [0.15, 0.2) is 11.0 Å². The smallest absolute Gasteiger partial charge is 0.383 e. The summed E-state index contributed by atoms with van der Waals surface area (Å²) in [6, 6.07) is 11.6. The van der Waals surface area contributed by atoms with Crippen molar-refractivity contribution in [1.29, 1.82) is 0 Å². The lowest BCUT2D eigenvalue weighted by Crippen LogP contribution is -2.28. The summed E-state index contributed by atoms with van der Waals surface area (Å²) in [4.78, 5) is 12.0. The van der Waals surface area contributed by atoms with Crippen molar-refractivity contribution in [3.05, 3.63) is 59.1 Å². The van der Waals surface area contributed by atoms with Gasteiger partial charge in [-0.1, -0.05) is 41.6 Å². The SMILES string of the molecule is COCCNC(=O)CSc1nnc(-c2ccccc2Cl)n1-c1cccc(C(F)(F)F)c1. The summed E-state index contributed by atoms with van der Waals surface area (Å²) in [6.07, 6.45) is -4.51. The molecule has 0 unspecified atom stereocenters. The van der Waals surface area contributed by atoms with Crippen LogP contribution in [-0.2, 0) is 15.7 Å². The maximum atomic E-state index is 13.3. The number of hydrogen-bond acceptors (Lipinski definition) is 5. The molecular formula is C20H18ClF3N4O2S. The van der Waals surface area contributed by atoms with Crippen LogP contribution in [0.15, 0.2) is 53.7 Å². The van der Waals surface area contributed by atoms with Crippen LogP contribution in [0.25, 0.3) is 17.1 Å². The van der Waals surface area contributed by atoms with E-state index in [1.54, 1.807) is 24.3 Å². The Morgan fingerprint density at radius 2 is 1.97 bits per heavy atom. The highest BCUT2D eigenvalue weighted by Gasteiger charge is 2.31. The molecule has 6 nitrogen and oxygen atoms in total. The first-order valence-electron chi connectivity index (χ1n) is 9.07. The number of benzene rings is 2. The molecule has 31 heavy (non-hydrogen) atoms. The van der Waals surface area contributed by atoms with Crippen LogP contribution in [0.5, 0.6) is 0 Å². The van der Waals surface area contributed by atoms with Crippen LogP contribution in [0.1, 0.15) is 5.56 Å². The molecule has 3 rings (SSSR count). The van der Waals surface area contributed by atoms with E-state index in [4.69, 9.17) is 16.3 Å². The highest BCUT2D eigenvalue weighted by molar-refractivity contribution is 7.99. The predicted molar refractivity (Wildman–Crippen MR) is 112 cm³/mol. The van der Waals surface area contributed by atoms with Crippen molar-refractivity contribution in [3.8, 4) is 17.1 Å². The number of carbonyl (C=O) groups excluding carboxylic acids is 1. The Balaban J connectivity index is 1.99. The number of carbonyl (C=O) groups is 1. The van der Waals surface area contributed by atoms with Gasteiger partial charge >= 0.3 is 6.18 Å². The van der Waals surface area contributed by atoms with Crippen molar-refractivity contribution in [2.75, 3.05) is 26.0 Å². The second-order valence-corrected chi connectivity index (χ2v) is 7.65. The van der Waals surface area contributed by atoms with Crippen LogP contribution >= 0.6 is 23.4 Å². The third-order valence-corrected chi connectivity index (χ3v) is 5.40. The molecule has 3 aromatic rings. The normalized spacial score (nSPS) is 11.5. The molecule has 0 aliphatic heterocycles. The Labute approximate surface area is 185 Å². The van der Waals surface area contributed by atoms with Gasteiger partial charge in [0.25, 0.3) is 0 Å². The van der Waals surface area contributed by atoms with Crippen molar-refractivity contribution in [2.45, 2.75) is 11.3 Å². The van der Waals surface area contributed by atoms with E-state index in [-0.39, 0.29) is 28.3 Å². The molecule has 0 bridgehead atoms. The molecule has 0 saturated carbocycles. The number of hydrogen-bond donors (Lipinski definition) is 1. The first-order chi connectivity index (χ1) is 14.8. The fourth-order valence-electron chi connectivity index (χ4n) is 2.71. The van der Waals surface area contributed by atoms with E-state index in [9.17, 15) is 18.0 Å². The molecule has 1 amide bonds. The standard InChI is InChI=1S/C20H18ClF3N4O2S/c1-30-10-9-25-17(29)12-31-19-27-26-18(15-7-2-3-8-16(15)21)28(19)14-6-4-5-13(11-14)20(22,23)24/h2-8,11H,9-10,12H2,1H3,(H,25,29). The van der Waals surface area contributed by atoms with E-state index in [2.05, 4.69) is 15.5 Å². The van der Waals surface area contributed by atoms with E-state index in [0.717, 1.165) is 23.9 Å².